The quantitative estimate of drug-likeness (QED) is 0.813. The molecule has 2 fully saturated rings. The van der Waals surface area contributed by atoms with E-state index in [4.69, 9.17) is 9.26 Å². The molecule has 6 nitrogen and oxygen atoms in total. The zero-order chi connectivity index (χ0) is 12.5. The molecule has 2 heterocycles. The van der Waals surface area contributed by atoms with E-state index in [0.29, 0.717) is 37.2 Å². The Morgan fingerprint density at radius 1 is 1.56 bits per heavy atom. The summed E-state index contributed by atoms with van der Waals surface area (Å²) in [5, 5.41) is 16.7. The van der Waals surface area contributed by atoms with Crippen LogP contribution in [0.5, 0.6) is 0 Å². The highest BCUT2D eigenvalue weighted by molar-refractivity contribution is 5.02. The Morgan fingerprint density at radius 3 is 3.00 bits per heavy atom. The molecule has 0 amide bonds. The van der Waals surface area contributed by atoms with Crippen LogP contribution >= 0.6 is 0 Å². The van der Waals surface area contributed by atoms with Gasteiger partial charge in [0.2, 0.25) is 11.7 Å². The molecule has 1 saturated heterocycles. The Bertz CT molecular complexity index is 405. The molecule has 100 valence electrons. The van der Waals surface area contributed by atoms with Crippen LogP contribution in [0.3, 0.4) is 0 Å². The number of hydrogen-bond acceptors (Lipinski definition) is 6. The molecule has 1 aliphatic heterocycles. The minimum Gasteiger partial charge on any atom is -0.392 e. The second kappa shape index (κ2) is 4.95. The second-order valence-corrected chi connectivity index (χ2v) is 5.05. The van der Waals surface area contributed by atoms with E-state index < -0.39 is 0 Å². The third-order valence-electron chi connectivity index (χ3n) is 3.51. The van der Waals surface area contributed by atoms with E-state index in [1.54, 1.807) is 0 Å². The Morgan fingerprint density at radius 2 is 2.39 bits per heavy atom. The minimum absolute atomic E-state index is 0.0253. The molecule has 2 aliphatic rings. The fraction of sp³-hybridized carbons (Fsp3) is 0.833. The van der Waals surface area contributed by atoms with Gasteiger partial charge in [-0.25, -0.2) is 0 Å². The maximum absolute atomic E-state index is 9.48. The molecule has 0 spiro atoms. The Kier molecular flexibility index (Phi) is 3.32. The lowest BCUT2D eigenvalue weighted by Gasteiger charge is -2.11. The van der Waals surface area contributed by atoms with Gasteiger partial charge < -0.3 is 19.7 Å². The van der Waals surface area contributed by atoms with Gasteiger partial charge in [-0.2, -0.15) is 4.98 Å². The van der Waals surface area contributed by atoms with E-state index >= 15 is 0 Å². The van der Waals surface area contributed by atoms with E-state index in [0.717, 1.165) is 0 Å². The van der Waals surface area contributed by atoms with E-state index in [2.05, 4.69) is 15.5 Å². The topological polar surface area (TPSA) is 80.4 Å². The van der Waals surface area contributed by atoms with Crippen molar-refractivity contribution in [3.8, 4) is 0 Å². The summed E-state index contributed by atoms with van der Waals surface area (Å²) >= 11 is 0. The van der Waals surface area contributed by atoms with Crippen molar-refractivity contribution in [2.24, 2.45) is 5.92 Å². The lowest BCUT2D eigenvalue weighted by Crippen LogP contribution is -2.15. The molecule has 0 aromatic carbocycles. The maximum atomic E-state index is 9.48. The van der Waals surface area contributed by atoms with Crippen LogP contribution in [-0.2, 0) is 4.74 Å². The summed E-state index contributed by atoms with van der Waals surface area (Å²) < 4.78 is 11.0. The van der Waals surface area contributed by atoms with Crippen LogP contribution in [0.15, 0.2) is 4.52 Å². The Hall–Kier alpha value is -0.980. The fourth-order valence-corrected chi connectivity index (χ4v) is 2.41. The van der Waals surface area contributed by atoms with Gasteiger partial charge in [0.05, 0.1) is 12.1 Å². The van der Waals surface area contributed by atoms with Gasteiger partial charge in [0, 0.05) is 13.2 Å². The monoisotopic (exact) mass is 253 g/mol. The van der Waals surface area contributed by atoms with Gasteiger partial charge in [0.15, 0.2) is 0 Å². The molecular formula is C12H19N3O3. The summed E-state index contributed by atoms with van der Waals surface area (Å²) in [5.74, 6) is 1.75. The number of aliphatic hydroxyl groups is 1. The van der Waals surface area contributed by atoms with Crippen molar-refractivity contribution < 1.29 is 14.4 Å². The van der Waals surface area contributed by atoms with Gasteiger partial charge in [-0.15, -0.1) is 0 Å². The van der Waals surface area contributed by atoms with Gasteiger partial charge in [0.25, 0.3) is 0 Å². The molecule has 18 heavy (non-hydrogen) atoms. The molecule has 1 saturated carbocycles. The summed E-state index contributed by atoms with van der Waals surface area (Å²) in [6, 6.07) is -0.0253. The van der Waals surface area contributed by atoms with Crippen molar-refractivity contribution in [1.82, 2.24) is 15.5 Å². The molecule has 6 heteroatoms. The molecule has 3 rings (SSSR count). The first-order valence-electron chi connectivity index (χ1n) is 6.64. The SMILES string of the molecule is CCOC(c1noc([C@H]2C[C@@H](O)CN2)n1)C1CC1. The summed E-state index contributed by atoms with van der Waals surface area (Å²) in [7, 11) is 0. The van der Waals surface area contributed by atoms with Gasteiger partial charge in [-0.3, -0.25) is 0 Å². The van der Waals surface area contributed by atoms with Crippen molar-refractivity contribution in [2.45, 2.75) is 44.4 Å². The predicted molar refractivity (Wildman–Crippen MR) is 62.8 cm³/mol. The molecule has 1 unspecified atom stereocenters. The smallest absolute Gasteiger partial charge is 0.243 e. The molecular weight excluding hydrogens is 234 g/mol. The molecule has 1 aromatic rings. The highest BCUT2D eigenvalue weighted by atomic mass is 16.5. The Labute approximate surface area is 106 Å². The number of rotatable bonds is 5. The predicted octanol–water partition coefficient (Wildman–Crippen LogP) is 0.953. The van der Waals surface area contributed by atoms with Crippen LogP contribution in [0.2, 0.25) is 0 Å². The number of ether oxygens (including phenoxy) is 1. The lowest BCUT2D eigenvalue weighted by molar-refractivity contribution is 0.0384. The zero-order valence-electron chi connectivity index (χ0n) is 10.5. The van der Waals surface area contributed by atoms with Crippen LogP contribution in [0.4, 0.5) is 0 Å². The van der Waals surface area contributed by atoms with Gasteiger partial charge in [0.1, 0.15) is 6.10 Å². The number of hydrogen-bond donors (Lipinski definition) is 2. The number of aliphatic hydroxyl groups excluding tert-OH is 1. The summed E-state index contributed by atoms with van der Waals surface area (Å²) in [6.07, 6.45) is 2.63. The molecule has 1 aromatic heterocycles. The first-order chi connectivity index (χ1) is 8.78. The van der Waals surface area contributed by atoms with Crippen molar-refractivity contribution in [3.63, 3.8) is 0 Å². The average Bonchev–Trinajstić information content (AvgIpc) is 2.91. The van der Waals surface area contributed by atoms with Crippen molar-refractivity contribution >= 4 is 0 Å². The first-order valence-corrected chi connectivity index (χ1v) is 6.64. The fourth-order valence-electron chi connectivity index (χ4n) is 2.41. The third-order valence-corrected chi connectivity index (χ3v) is 3.51. The van der Waals surface area contributed by atoms with Gasteiger partial charge in [-0.1, -0.05) is 5.16 Å². The highest BCUT2D eigenvalue weighted by Crippen LogP contribution is 2.42. The molecule has 0 radical (unpaired) electrons. The van der Waals surface area contributed by atoms with Gasteiger partial charge >= 0.3 is 0 Å². The zero-order valence-corrected chi connectivity index (χ0v) is 10.5. The largest absolute Gasteiger partial charge is 0.392 e. The van der Waals surface area contributed by atoms with Crippen molar-refractivity contribution in [1.29, 1.82) is 0 Å². The molecule has 0 bridgehead atoms. The molecule has 1 aliphatic carbocycles. The maximum Gasteiger partial charge on any atom is 0.243 e. The normalized spacial score (nSPS) is 29.7. The van der Waals surface area contributed by atoms with E-state index in [1.165, 1.54) is 12.8 Å². The van der Waals surface area contributed by atoms with E-state index in [1.807, 2.05) is 6.92 Å². The summed E-state index contributed by atoms with van der Waals surface area (Å²) in [6.45, 7) is 3.22. The first kappa shape index (κ1) is 12.1. The number of aromatic nitrogens is 2. The third kappa shape index (κ3) is 2.41. The van der Waals surface area contributed by atoms with Crippen LogP contribution in [0.25, 0.3) is 0 Å². The number of nitrogens with one attached hydrogen (secondary N) is 1. The second-order valence-electron chi connectivity index (χ2n) is 5.05. The minimum atomic E-state index is -0.323. The van der Waals surface area contributed by atoms with Crippen LogP contribution in [0, 0.1) is 5.92 Å². The van der Waals surface area contributed by atoms with E-state index in [-0.39, 0.29) is 18.2 Å². The van der Waals surface area contributed by atoms with Crippen LogP contribution < -0.4 is 5.32 Å². The molecule has 2 N–H and O–H groups in total. The number of nitrogens with zero attached hydrogens (tertiary/aromatic N) is 2. The van der Waals surface area contributed by atoms with Crippen molar-refractivity contribution in [2.75, 3.05) is 13.2 Å². The van der Waals surface area contributed by atoms with Crippen molar-refractivity contribution in [3.05, 3.63) is 11.7 Å². The lowest BCUT2D eigenvalue weighted by atomic mass is 10.2. The Balaban J connectivity index is 1.71. The van der Waals surface area contributed by atoms with Crippen LogP contribution in [0.1, 0.15) is 50.0 Å². The van der Waals surface area contributed by atoms with E-state index in [9.17, 15) is 5.11 Å². The highest BCUT2D eigenvalue weighted by Gasteiger charge is 2.37. The number of β-amino-alcohol motifs (C(OH)–C–C–N with tert-alkyl or cyclic N) is 1. The summed E-state index contributed by atoms with van der Waals surface area (Å²) in [5.41, 5.74) is 0. The van der Waals surface area contributed by atoms with Crippen LogP contribution in [-0.4, -0.2) is 34.5 Å². The van der Waals surface area contributed by atoms with Gasteiger partial charge in [-0.05, 0) is 32.1 Å². The summed E-state index contributed by atoms with van der Waals surface area (Å²) in [4.78, 5) is 4.43. The molecule has 3 atom stereocenters. The average molecular weight is 253 g/mol. The standard InChI is InChI=1S/C12H19N3O3/c1-2-17-10(7-3-4-7)11-14-12(18-15-11)9-5-8(16)6-13-9/h7-10,13,16H,2-6H2,1H3/t8-,9-,10?/m1/s1.